The van der Waals surface area contributed by atoms with Crippen LogP contribution in [-0.4, -0.2) is 17.6 Å². The van der Waals surface area contributed by atoms with Gasteiger partial charge in [0.25, 0.3) is 0 Å². The molecule has 3 heteroatoms. The van der Waals surface area contributed by atoms with Crippen molar-refractivity contribution in [2.24, 2.45) is 5.73 Å². The van der Waals surface area contributed by atoms with Crippen LogP contribution in [0.2, 0.25) is 0 Å². The normalized spacial score (nSPS) is 11.6. The standard InChI is InChI=1S/C7H13NO2/c1-6(7(9)10)4-2-3-5-8/h4H,2-3,5,8H2,1H3,(H,9,10)/b6-4+. The maximum atomic E-state index is 10.2. The van der Waals surface area contributed by atoms with E-state index in [1.54, 1.807) is 13.0 Å². The van der Waals surface area contributed by atoms with Gasteiger partial charge in [-0.25, -0.2) is 4.79 Å². The van der Waals surface area contributed by atoms with Gasteiger partial charge in [0.1, 0.15) is 0 Å². The van der Waals surface area contributed by atoms with Gasteiger partial charge < -0.3 is 10.8 Å². The first-order valence-electron chi connectivity index (χ1n) is 3.28. The molecule has 0 rings (SSSR count). The van der Waals surface area contributed by atoms with Gasteiger partial charge in [-0.3, -0.25) is 0 Å². The number of carbonyl (C=O) groups is 1. The van der Waals surface area contributed by atoms with E-state index in [0.717, 1.165) is 12.8 Å². The molecule has 0 spiro atoms. The molecule has 0 aliphatic carbocycles. The van der Waals surface area contributed by atoms with Crippen molar-refractivity contribution in [1.82, 2.24) is 0 Å². The number of carboxylic acid groups (broad SMARTS) is 1. The predicted octanol–water partition coefficient (Wildman–Crippen LogP) is 0.756. The van der Waals surface area contributed by atoms with Gasteiger partial charge in [0.05, 0.1) is 0 Å². The van der Waals surface area contributed by atoms with Crippen molar-refractivity contribution in [3.8, 4) is 0 Å². The van der Waals surface area contributed by atoms with E-state index in [9.17, 15) is 4.79 Å². The molecular formula is C7H13NO2. The molecule has 0 saturated heterocycles. The zero-order valence-electron chi connectivity index (χ0n) is 6.13. The van der Waals surface area contributed by atoms with Crippen LogP contribution in [0.1, 0.15) is 19.8 Å². The van der Waals surface area contributed by atoms with Crippen LogP contribution in [0.5, 0.6) is 0 Å². The molecule has 0 aliphatic heterocycles. The quantitative estimate of drug-likeness (QED) is 0.451. The van der Waals surface area contributed by atoms with Crippen molar-refractivity contribution >= 4 is 5.97 Å². The maximum absolute atomic E-state index is 10.2. The number of unbranched alkanes of at least 4 members (excludes halogenated alkanes) is 1. The number of nitrogens with two attached hydrogens (primary N) is 1. The van der Waals surface area contributed by atoms with Crippen LogP contribution in [0.4, 0.5) is 0 Å². The SMILES string of the molecule is C/C(=C\CCCN)C(=O)O. The Labute approximate surface area is 60.5 Å². The molecule has 0 aliphatic rings. The van der Waals surface area contributed by atoms with Crippen molar-refractivity contribution in [3.63, 3.8) is 0 Å². The van der Waals surface area contributed by atoms with Gasteiger partial charge in [-0.1, -0.05) is 6.08 Å². The van der Waals surface area contributed by atoms with E-state index in [-0.39, 0.29) is 0 Å². The molecule has 58 valence electrons. The molecule has 0 atom stereocenters. The van der Waals surface area contributed by atoms with Crippen LogP contribution in [0.25, 0.3) is 0 Å². The van der Waals surface area contributed by atoms with E-state index < -0.39 is 5.97 Å². The molecule has 10 heavy (non-hydrogen) atoms. The smallest absolute Gasteiger partial charge is 0.330 e. The molecule has 0 fully saturated rings. The first-order chi connectivity index (χ1) is 4.68. The number of hydrogen-bond acceptors (Lipinski definition) is 2. The third-order valence-electron chi connectivity index (χ3n) is 1.20. The summed E-state index contributed by atoms with van der Waals surface area (Å²) >= 11 is 0. The summed E-state index contributed by atoms with van der Waals surface area (Å²) in [6.45, 7) is 2.20. The molecule has 0 saturated carbocycles. The second-order valence-corrected chi connectivity index (χ2v) is 2.12. The van der Waals surface area contributed by atoms with Crippen molar-refractivity contribution in [2.45, 2.75) is 19.8 Å². The number of carboxylic acids is 1. The van der Waals surface area contributed by atoms with Crippen LogP contribution >= 0.6 is 0 Å². The Kier molecular flexibility index (Phi) is 4.58. The first-order valence-corrected chi connectivity index (χ1v) is 3.28. The number of rotatable bonds is 4. The Bertz CT molecular complexity index is 141. The highest BCUT2D eigenvalue weighted by molar-refractivity contribution is 5.85. The summed E-state index contributed by atoms with van der Waals surface area (Å²) in [5.41, 5.74) is 5.61. The first kappa shape index (κ1) is 9.17. The molecule has 3 N–H and O–H groups in total. The van der Waals surface area contributed by atoms with Gasteiger partial charge in [-0.2, -0.15) is 0 Å². The molecule has 0 aromatic carbocycles. The highest BCUT2D eigenvalue weighted by Crippen LogP contribution is 1.96. The second kappa shape index (κ2) is 4.99. The minimum absolute atomic E-state index is 0.397. The Morgan fingerprint density at radius 3 is 2.70 bits per heavy atom. The summed E-state index contributed by atoms with van der Waals surface area (Å²) in [4.78, 5) is 10.2. The monoisotopic (exact) mass is 143 g/mol. The highest BCUT2D eigenvalue weighted by Gasteiger charge is 1.96. The molecule has 0 aromatic heterocycles. The van der Waals surface area contributed by atoms with Crippen molar-refractivity contribution in [3.05, 3.63) is 11.6 Å². The van der Waals surface area contributed by atoms with Crippen molar-refractivity contribution in [2.75, 3.05) is 6.54 Å². The third-order valence-corrected chi connectivity index (χ3v) is 1.20. The average Bonchev–Trinajstić information content (AvgIpc) is 1.88. The summed E-state index contributed by atoms with van der Waals surface area (Å²) in [5.74, 6) is -0.850. The van der Waals surface area contributed by atoms with Gasteiger partial charge in [0.15, 0.2) is 0 Å². The van der Waals surface area contributed by atoms with E-state index in [4.69, 9.17) is 10.8 Å². The number of allylic oxidation sites excluding steroid dienone is 1. The molecular weight excluding hydrogens is 130 g/mol. The molecule has 0 radical (unpaired) electrons. The number of hydrogen-bond donors (Lipinski definition) is 2. The van der Waals surface area contributed by atoms with Crippen molar-refractivity contribution in [1.29, 1.82) is 0 Å². The minimum atomic E-state index is -0.850. The summed E-state index contributed by atoms with van der Waals surface area (Å²) in [7, 11) is 0. The van der Waals surface area contributed by atoms with Crippen molar-refractivity contribution < 1.29 is 9.90 Å². The lowest BCUT2D eigenvalue weighted by Crippen LogP contribution is -1.99. The lowest BCUT2D eigenvalue weighted by atomic mass is 10.2. The highest BCUT2D eigenvalue weighted by atomic mass is 16.4. The molecule has 3 nitrogen and oxygen atoms in total. The fourth-order valence-electron chi connectivity index (χ4n) is 0.524. The lowest BCUT2D eigenvalue weighted by molar-refractivity contribution is -0.132. The second-order valence-electron chi connectivity index (χ2n) is 2.12. The summed E-state index contributed by atoms with van der Waals surface area (Å²) in [6.07, 6.45) is 3.30. The molecule has 0 heterocycles. The Morgan fingerprint density at radius 1 is 1.70 bits per heavy atom. The summed E-state index contributed by atoms with van der Waals surface area (Å²) < 4.78 is 0. The molecule has 0 amide bonds. The third kappa shape index (κ3) is 4.09. The molecule has 0 bridgehead atoms. The zero-order chi connectivity index (χ0) is 7.98. The van der Waals surface area contributed by atoms with Gasteiger partial charge in [0, 0.05) is 5.57 Å². The van der Waals surface area contributed by atoms with Crippen LogP contribution in [0.15, 0.2) is 11.6 Å². The largest absolute Gasteiger partial charge is 0.478 e. The zero-order valence-corrected chi connectivity index (χ0v) is 6.13. The Morgan fingerprint density at radius 2 is 2.30 bits per heavy atom. The van der Waals surface area contributed by atoms with Crippen LogP contribution < -0.4 is 5.73 Å². The van der Waals surface area contributed by atoms with Gasteiger partial charge in [-0.05, 0) is 26.3 Å². The van der Waals surface area contributed by atoms with Gasteiger partial charge in [0.2, 0.25) is 0 Å². The van der Waals surface area contributed by atoms with E-state index in [1.807, 2.05) is 0 Å². The number of aliphatic carboxylic acids is 1. The topological polar surface area (TPSA) is 63.3 Å². The Balaban J connectivity index is 3.58. The van der Waals surface area contributed by atoms with Gasteiger partial charge in [-0.15, -0.1) is 0 Å². The summed E-state index contributed by atoms with van der Waals surface area (Å²) in [6, 6.07) is 0. The average molecular weight is 143 g/mol. The molecule has 0 unspecified atom stereocenters. The van der Waals surface area contributed by atoms with Gasteiger partial charge >= 0.3 is 5.97 Å². The van der Waals surface area contributed by atoms with Crippen LogP contribution in [-0.2, 0) is 4.79 Å². The lowest BCUT2D eigenvalue weighted by Gasteiger charge is -1.92. The molecule has 0 aromatic rings. The fourth-order valence-corrected chi connectivity index (χ4v) is 0.524. The maximum Gasteiger partial charge on any atom is 0.330 e. The fraction of sp³-hybridized carbons (Fsp3) is 0.571. The van der Waals surface area contributed by atoms with Crippen LogP contribution in [0, 0.1) is 0 Å². The van der Waals surface area contributed by atoms with E-state index >= 15 is 0 Å². The predicted molar refractivity (Wildman–Crippen MR) is 39.7 cm³/mol. The Hall–Kier alpha value is -0.830. The van der Waals surface area contributed by atoms with E-state index in [1.165, 1.54) is 0 Å². The summed E-state index contributed by atoms with van der Waals surface area (Å²) in [5, 5.41) is 8.38. The minimum Gasteiger partial charge on any atom is -0.478 e. The van der Waals surface area contributed by atoms with Crippen LogP contribution in [0.3, 0.4) is 0 Å². The van der Waals surface area contributed by atoms with E-state index in [2.05, 4.69) is 0 Å². The van der Waals surface area contributed by atoms with E-state index in [0.29, 0.717) is 12.1 Å².